The van der Waals surface area contributed by atoms with Gasteiger partial charge in [0.15, 0.2) is 5.82 Å². The number of halogens is 2. The standard InChI is InChI=1S/C14H9F2N3O/c15-8-5-6-9(16)12(7-8)19-14(20)13-17-10-3-1-2-4-11(10)18-13/h1-7H,(H,17,18)(H,19,20). The highest BCUT2D eigenvalue weighted by Crippen LogP contribution is 2.17. The van der Waals surface area contributed by atoms with Crippen LogP contribution in [0.15, 0.2) is 42.5 Å². The van der Waals surface area contributed by atoms with Crippen molar-refractivity contribution in [2.24, 2.45) is 0 Å². The number of aromatic nitrogens is 2. The summed E-state index contributed by atoms with van der Waals surface area (Å²) in [6.45, 7) is 0. The van der Waals surface area contributed by atoms with Crippen LogP contribution in [0.1, 0.15) is 10.6 Å². The van der Waals surface area contributed by atoms with E-state index in [9.17, 15) is 13.6 Å². The second-order valence-electron chi connectivity index (χ2n) is 4.18. The smallest absolute Gasteiger partial charge is 0.291 e. The second kappa shape index (κ2) is 4.73. The molecule has 0 saturated carbocycles. The van der Waals surface area contributed by atoms with Crippen LogP contribution >= 0.6 is 0 Å². The van der Waals surface area contributed by atoms with Crippen LogP contribution in [0.3, 0.4) is 0 Å². The molecule has 0 unspecified atom stereocenters. The summed E-state index contributed by atoms with van der Waals surface area (Å²) >= 11 is 0. The molecule has 0 bridgehead atoms. The molecule has 0 fully saturated rings. The highest BCUT2D eigenvalue weighted by Gasteiger charge is 2.14. The van der Waals surface area contributed by atoms with Gasteiger partial charge < -0.3 is 10.3 Å². The lowest BCUT2D eigenvalue weighted by atomic mass is 10.3. The third-order valence-corrected chi connectivity index (χ3v) is 2.78. The number of benzene rings is 2. The van der Waals surface area contributed by atoms with Crippen LogP contribution in [-0.2, 0) is 0 Å². The van der Waals surface area contributed by atoms with Crippen LogP contribution in [-0.4, -0.2) is 15.9 Å². The molecule has 0 spiro atoms. The Balaban J connectivity index is 1.90. The van der Waals surface area contributed by atoms with E-state index in [1.807, 2.05) is 0 Å². The molecule has 1 aromatic heterocycles. The number of nitrogens with one attached hydrogen (secondary N) is 2. The Hall–Kier alpha value is -2.76. The van der Waals surface area contributed by atoms with E-state index in [1.54, 1.807) is 24.3 Å². The molecular formula is C14H9F2N3O. The Labute approximate surface area is 112 Å². The van der Waals surface area contributed by atoms with Gasteiger partial charge in [0.2, 0.25) is 0 Å². The quantitative estimate of drug-likeness (QED) is 0.753. The Morgan fingerprint density at radius 1 is 1.15 bits per heavy atom. The Morgan fingerprint density at radius 2 is 1.95 bits per heavy atom. The lowest BCUT2D eigenvalue weighted by Gasteiger charge is -2.04. The second-order valence-corrected chi connectivity index (χ2v) is 4.18. The maximum absolute atomic E-state index is 13.4. The SMILES string of the molecule is O=C(Nc1cc(F)ccc1F)c1nc2ccccc2[nH]1. The largest absolute Gasteiger partial charge is 0.334 e. The van der Waals surface area contributed by atoms with E-state index in [0.717, 1.165) is 18.2 Å². The summed E-state index contributed by atoms with van der Waals surface area (Å²) in [6.07, 6.45) is 0. The normalized spacial score (nSPS) is 10.7. The predicted octanol–water partition coefficient (Wildman–Crippen LogP) is 3.09. The minimum atomic E-state index is -0.712. The van der Waals surface area contributed by atoms with Gasteiger partial charge in [-0.2, -0.15) is 0 Å². The number of nitrogens with zero attached hydrogens (tertiary/aromatic N) is 1. The highest BCUT2D eigenvalue weighted by atomic mass is 19.1. The molecule has 3 rings (SSSR count). The van der Waals surface area contributed by atoms with Crippen molar-refractivity contribution in [3.8, 4) is 0 Å². The molecule has 4 nitrogen and oxygen atoms in total. The van der Waals surface area contributed by atoms with Crippen molar-refractivity contribution in [3.63, 3.8) is 0 Å². The van der Waals surface area contributed by atoms with Crippen LogP contribution in [0.4, 0.5) is 14.5 Å². The third-order valence-electron chi connectivity index (χ3n) is 2.78. The van der Waals surface area contributed by atoms with Crippen molar-refractivity contribution >= 4 is 22.6 Å². The van der Waals surface area contributed by atoms with Gasteiger partial charge in [-0.1, -0.05) is 12.1 Å². The van der Waals surface area contributed by atoms with E-state index < -0.39 is 17.5 Å². The van der Waals surface area contributed by atoms with Crippen molar-refractivity contribution in [3.05, 3.63) is 59.9 Å². The number of rotatable bonds is 2. The number of hydrogen-bond acceptors (Lipinski definition) is 2. The van der Waals surface area contributed by atoms with Gasteiger partial charge >= 0.3 is 0 Å². The number of para-hydroxylation sites is 2. The Kier molecular flexibility index (Phi) is 2.90. The molecule has 2 N–H and O–H groups in total. The molecule has 0 aliphatic rings. The molecule has 0 saturated heterocycles. The van der Waals surface area contributed by atoms with Gasteiger partial charge in [0.1, 0.15) is 11.6 Å². The lowest BCUT2D eigenvalue weighted by molar-refractivity contribution is 0.101. The zero-order valence-corrected chi connectivity index (χ0v) is 10.2. The van der Waals surface area contributed by atoms with Gasteiger partial charge in [-0.25, -0.2) is 13.8 Å². The molecule has 2 aromatic carbocycles. The van der Waals surface area contributed by atoms with Crippen LogP contribution in [0.25, 0.3) is 11.0 Å². The van der Waals surface area contributed by atoms with Gasteiger partial charge in [-0.3, -0.25) is 4.79 Å². The molecule has 3 aromatic rings. The summed E-state index contributed by atoms with van der Waals surface area (Å²) in [5.74, 6) is -1.94. The summed E-state index contributed by atoms with van der Waals surface area (Å²) in [4.78, 5) is 18.8. The number of H-pyrrole nitrogens is 1. The molecule has 0 radical (unpaired) electrons. The number of fused-ring (bicyclic) bond motifs is 1. The average molecular weight is 273 g/mol. The first-order valence-electron chi connectivity index (χ1n) is 5.84. The summed E-state index contributed by atoms with van der Waals surface area (Å²) < 4.78 is 26.5. The first kappa shape index (κ1) is 12.3. The van der Waals surface area contributed by atoms with Crippen LogP contribution in [0.5, 0.6) is 0 Å². The number of hydrogen-bond donors (Lipinski definition) is 2. The van der Waals surface area contributed by atoms with Crippen molar-refractivity contribution in [1.82, 2.24) is 9.97 Å². The van der Waals surface area contributed by atoms with Gasteiger partial charge in [0, 0.05) is 6.07 Å². The maximum atomic E-state index is 13.4. The van der Waals surface area contributed by atoms with Crippen LogP contribution in [0.2, 0.25) is 0 Å². The molecule has 0 atom stereocenters. The van der Waals surface area contributed by atoms with E-state index in [4.69, 9.17) is 0 Å². The molecule has 6 heteroatoms. The minimum absolute atomic E-state index is 0.0369. The fourth-order valence-corrected chi connectivity index (χ4v) is 1.84. The zero-order chi connectivity index (χ0) is 14.1. The Morgan fingerprint density at radius 3 is 2.75 bits per heavy atom. The van der Waals surface area contributed by atoms with Crippen molar-refractivity contribution < 1.29 is 13.6 Å². The maximum Gasteiger partial charge on any atom is 0.291 e. The highest BCUT2D eigenvalue weighted by molar-refractivity contribution is 6.03. The summed E-state index contributed by atoms with van der Waals surface area (Å²) in [5.41, 5.74) is 1.09. The molecule has 0 aliphatic carbocycles. The van der Waals surface area contributed by atoms with Gasteiger partial charge in [-0.05, 0) is 24.3 Å². The summed E-state index contributed by atoms with van der Waals surface area (Å²) in [5, 5.41) is 2.28. The molecule has 100 valence electrons. The van der Waals surface area contributed by atoms with E-state index in [0.29, 0.717) is 11.0 Å². The van der Waals surface area contributed by atoms with Gasteiger partial charge in [-0.15, -0.1) is 0 Å². The van der Waals surface area contributed by atoms with Crippen molar-refractivity contribution in [2.45, 2.75) is 0 Å². The first-order valence-corrected chi connectivity index (χ1v) is 5.84. The van der Waals surface area contributed by atoms with Crippen LogP contribution in [0, 0.1) is 11.6 Å². The lowest BCUT2D eigenvalue weighted by Crippen LogP contribution is -2.14. The Bertz CT molecular complexity index is 765. The zero-order valence-electron chi connectivity index (χ0n) is 10.2. The van der Waals surface area contributed by atoms with E-state index in [-0.39, 0.29) is 11.5 Å². The van der Waals surface area contributed by atoms with Gasteiger partial charge in [0.25, 0.3) is 5.91 Å². The number of anilines is 1. The number of carbonyl (C=O) groups excluding carboxylic acids is 1. The number of imidazole rings is 1. The average Bonchev–Trinajstić information content (AvgIpc) is 2.87. The summed E-state index contributed by atoms with van der Waals surface area (Å²) in [6, 6.07) is 9.93. The molecule has 1 heterocycles. The fraction of sp³-hybridized carbons (Fsp3) is 0. The molecule has 0 aliphatic heterocycles. The van der Waals surface area contributed by atoms with Crippen molar-refractivity contribution in [2.75, 3.05) is 5.32 Å². The predicted molar refractivity (Wildman–Crippen MR) is 70.4 cm³/mol. The topological polar surface area (TPSA) is 57.8 Å². The van der Waals surface area contributed by atoms with Crippen LogP contribution < -0.4 is 5.32 Å². The monoisotopic (exact) mass is 273 g/mol. The fourth-order valence-electron chi connectivity index (χ4n) is 1.84. The van der Waals surface area contributed by atoms with E-state index in [2.05, 4.69) is 15.3 Å². The number of carbonyl (C=O) groups is 1. The summed E-state index contributed by atoms with van der Waals surface area (Å²) in [7, 11) is 0. The minimum Gasteiger partial charge on any atom is -0.334 e. The van der Waals surface area contributed by atoms with E-state index in [1.165, 1.54) is 0 Å². The third kappa shape index (κ3) is 2.23. The van der Waals surface area contributed by atoms with Crippen molar-refractivity contribution in [1.29, 1.82) is 0 Å². The number of aromatic amines is 1. The van der Waals surface area contributed by atoms with E-state index >= 15 is 0 Å². The molecule has 20 heavy (non-hydrogen) atoms. The van der Waals surface area contributed by atoms with Gasteiger partial charge in [0.05, 0.1) is 16.7 Å². The molecule has 1 amide bonds. The first-order chi connectivity index (χ1) is 9.63. The number of amides is 1. The molecular weight excluding hydrogens is 264 g/mol.